The largest absolute Gasteiger partial charge is 0.417 e. The predicted molar refractivity (Wildman–Crippen MR) is 104 cm³/mol. The zero-order chi connectivity index (χ0) is 21.5. The molecule has 0 bridgehead atoms. The second kappa shape index (κ2) is 9.58. The molecule has 154 valence electrons. The van der Waals surface area contributed by atoms with Gasteiger partial charge in [-0.3, -0.25) is 4.79 Å². The third kappa shape index (κ3) is 7.60. The number of nitrogens with one attached hydrogen (secondary N) is 2. The Hall–Kier alpha value is -2.83. The molecule has 0 saturated carbocycles. The van der Waals surface area contributed by atoms with Crippen LogP contribution in [-0.4, -0.2) is 33.7 Å². The van der Waals surface area contributed by atoms with Crippen LogP contribution >= 0.6 is 0 Å². The molecule has 0 aliphatic rings. The summed E-state index contributed by atoms with van der Waals surface area (Å²) in [6, 6.07) is 11.9. The highest BCUT2D eigenvalue weighted by molar-refractivity contribution is 7.88. The molecule has 9 heteroatoms. The van der Waals surface area contributed by atoms with Crippen LogP contribution in [0.5, 0.6) is 0 Å². The lowest BCUT2D eigenvalue weighted by Crippen LogP contribution is -2.28. The number of carbonyl (C=O) groups is 1. The van der Waals surface area contributed by atoms with E-state index in [1.54, 1.807) is 30.3 Å². The van der Waals surface area contributed by atoms with Gasteiger partial charge in [-0.25, -0.2) is 13.1 Å². The Morgan fingerprint density at radius 1 is 1.07 bits per heavy atom. The first-order valence-electron chi connectivity index (χ1n) is 8.57. The van der Waals surface area contributed by atoms with Crippen molar-refractivity contribution < 1.29 is 26.4 Å². The molecule has 2 aromatic rings. The van der Waals surface area contributed by atoms with Gasteiger partial charge in [-0.15, -0.1) is 0 Å². The molecule has 0 atom stereocenters. The summed E-state index contributed by atoms with van der Waals surface area (Å²) >= 11 is 0. The van der Waals surface area contributed by atoms with E-state index in [9.17, 15) is 26.4 Å². The Morgan fingerprint density at radius 3 is 2.38 bits per heavy atom. The molecule has 0 heterocycles. The Balaban J connectivity index is 2.08. The highest BCUT2D eigenvalue weighted by atomic mass is 32.2. The summed E-state index contributed by atoms with van der Waals surface area (Å²) in [7, 11) is -3.29. The van der Waals surface area contributed by atoms with Crippen molar-refractivity contribution in [3.05, 3.63) is 59.7 Å². The summed E-state index contributed by atoms with van der Waals surface area (Å²) in [5.74, 6) is 4.00. The maximum absolute atomic E-state index is 13.5. The van der Waals surface area contributed by atoms with Crippen LogP contribution in [-0.2, 0) is 21.0 Å². The molecule has 29 heavy (non-hydrogen) atoms. The van der Waals surface area contributed by atoms with Crippen LogP contribution in [0.2, 0.25) is 0 Å². The second-order valence-electron chi connectivity index (χ2n) is 6.15. The van der Waals surface area contributed by atoms with Gasteiger partial charge >= 0.3 is 6.18 Å². The van der Waals surface area contributed by atoms with Crippen molar-refractivity contribution in [2.75, 3.05) is 19.3 Å². The number of hydrogen-bond donors (Lipinski definition) is 2. The second-order valence-corrected chi connectivity index (χ2v) is 7.98. The molecular formula is C20H19F3N2O3S. The summed E-state index contributed by atoms with van der Waals surface area (Å²) in [5.41, 5.74) is -0.306. The van der Waals surface area contributed by atoms with Gasteiger partial charge in [0.1, 0.15) is 0 Å². The van der Waals surface area contributed by atoms with Gasteiger partial charge in [0.2, 0.25) is 10.0 Å². The number of sulfonamides is 1. The van der Waals surface area contributed by atoms with E-state index in [1.165, 1.54) is 12.1 Å². The smallest absolute Gasteiger partial charge is 0.345 e. The van der Waals surface area contributed by atoms with Crippen molar-refractivity contribution in [2.45, 2.75) is 12.6 Å². The van der Waals surface area contributed by atoms with E-state index in [0.717, 1.165) is 12.3 Å². The monoisotopic (exact) mass is 424 g/mol. The average Bonchev–Trinajstić information content (AvgIpc) is 2.65. The molecule has 2 aromatic carbocycles. The van der Waals surface area contributed by atoms with Crippen LogP contribution in [0.1, 0.15) is 17.5 Å². The summed E-state index contributed by atoms with van der Waals surface area (Å²) in [6.07, 6.45) is -3.20. The van der Waals surface area contributed by atoms with E-state index >= 15 is 0 Å². The zero-order valence-corrected chi connectivity index (χ0v) is 16.3. The zero-order valence-electron chi connectivity index (χ0n) is 15.5. The van der Waals surface area contributed by atoms with Crippen LogP contribution in [0, 0.1) is 11.8 Å². The molecule has 0 aliphatic heterocycles. The summed E-state index contributed by atoms with van der Waals surface area (Å²) < 4.78 is 64.4. The van der Waals surface area contributed by atoms with Gasteiger partial charge in [0, 0.05) is 24.6 Å². The lowest BCUT2D eigenvalue weighted by molar-refractivity contribution is -0.137. The van der Waals surface area contributed by atoms with E-state index in [1.807, 2.05) is 0 Å². The fraction of sp³-hybridized carbons (Fsp3) is 0.250. The van der Waals surface area contributed by atoms with Crippen molar-refractivity contribution in [1.82, 2.24) is 10.0 Å². The molecule has 0 saturated heterocycles. The minimum atomic E-state index is -4.57. The number of carbonyl (C=O) groups excluding carboxylic acids is 1. The lowest BCUT2D eigenvalue weighted by Gasteiger charge is -2.13. The third-order valence-corrected chi connectivity index (χ3v) is 4.46. The molecule has 2 N–H and O–H groups in total. The van der Waals surface area contributed by atoms with Gasteiger partial charge in [0.25, 0.3) is 5.91 Å². The molecule has 2 rings (SSSR count). The third-order valence-electron chi connectivity index (χ3n) is 3.73. The first-order chi connectivity index (χ1) is 13.6. The van der Waals surface area contributed by atoms with Crippen LogP contribution in [0.3, 0.4) is 0 Å². The van der Waals surface area contributed by atoms with Gasteiger partial charge in [0.05, 0.1) is 11.8 Å². The topological polar surface area (TPSA) is 75.3 Å². The first kappa shape index (κ1) is 22.5. The maximum atomic E-state index is 13.5. The van der Waals surface area contributed by atoms with Gasteiger partial charge in [-0.1, -0.05) is 42.3 Å². The van der Waals surface area contributed by atoms with Gasteiger partial charge in [0.15, 0.2) is 0 Å². The SMILES string of the molecule is CS(=O)(=O)NCCCNC(=O)C#Cc1ccc(-c2ccccc2)c(C(F)(F)F)c1. The normalized spacial score (nSPS) is 11.4. The minimum absolute atomic E-state index is 0.0338. The number of rotatable bonds is 6. The Kier molecular flexibility index (Phi) is 7.42. The number of alkyl halides is 3. The maximum Gasteiger partial charge on any atom is 0.417 e. The van der Waals surface area contributed by atoms with Crippen LogP contribution in [0.25, 0.3) is 11.1 Å². The minimum Gasteiger partial charge on any atom is -0.345 e. The molecule has 0 radical (unpaired) electrons. The molecular weight excluding hydrogens is 405 g/mol. The molecule has 0 spiro atoms. The van der Waals surface area contributed by atoms with E-state index in [-0.39, 0.29) is 24.2 Å². The fourth-order valence-electron chi connectivity index (χ4n) is 2.45. The summed E-state index contributed by atoms with van der Waals surface area (Å²) in [6.45, 7) is 0.333. The number of hydrogen-bond acceptors (Lipinski definition) is 3. The van der Waals surface area contributed by atoms with E-state index in [4.69, 9.17) is 0 Å². The number of amides is 1. The summed E-state index contributed by atoms with van der Waals surface area (Å²) in [5, 5.41) is 2.45. The van der Waals surface area contributed by atoms with Crippen LogP contribution in [0.4, 0.5) is 13.2 Å². The summed E-state index contributed by atoms with van der Waals surface area (Å²) in [4.78, 5) is 11.7. The number of halogens is 3. The predicted octanol–water partition coefficient (Wildman–Crippen LogP) is 2.78. The van der Waals surface area contributed by atoms with Crippen molar-refractivity contribution in [1.29, 1.82) is 0 Å². The number of benzene rings is 2. The molecule has 1 amide bonds. The average molecular weight is 424 g/mol. The van der Waals surface area contributed by atoms with Crippen molar-refractivity contribution in [2.24, 2.45) is 0 Å². The van der Waals surface area contributed by atoms with E-state index < -0.39 is 27.7 Å². The lowest BCUT2D eigenvalue weighted by atomic mass is 9.97. The molecule has 0 aromatic heterocycles. The highest BCUT2D eigenvalue weighted by Gasteiger charge is 2.33. The van der Waals surface area contributed by atoms with E-state index in [0.29, 0.717) is 12.0 Å². The standard InChI is InChI=1S/C20H19F3N2O3S/c1-29(27,28)25-13-5-12-24-19(26)11-9-15-8-10-17(16-6-3-2-4-7-16)18(14-15)20(21,22)23/h2-4,6-8,10,14,25H,5,12-13H2,1H3,(H,24,26). The molecule has 5 nitrogen and oxygen atoms in total. The van der Waals surface area contributed by atoms with Gasteiger partial charge in [-0.05, 0) is 29.7 Å². The highest BCUT2D eigenvalue weighted by Crippen LogP contribution is 2.37. The van der Waals surface area contributed by atoms with E-state index in [2.05, 4.69) is 21.9 Å². The van der Waals surface area contributed by atoms with Crippen molar-refractivity contribution in [3.8, 4) is 23.0 Å². The quantitative estimate of drug-likeness (QED) is 0.553. The Morgan fingerprint density at radius 2 is 1.76 bits per heavy atom. The van der Waals surface area contributed by atoms with Gasteiger partial charge < -0.3 is 5.32 Å². The van der Waals surface area contributed by atoms with Crippen LogP contribution < -0.4 is 10.0 Å². The first-order valence-corrected chi connectivity index (χ1v) is 10.5. The van der Waals surface area contributed by atoms with Crippen molar-refractivity contribution >= 4 is 15.9 Å². The van der Waals surface area contributed by atoms with Gasteiger partial charge in [-0.2, -0.15) is 13.2 Å². The molecule has 0 unspecified atom stereocenters. The molecule has 0 aliphatic carbocycles. The Bertz CT molecular complexity index is 1020. The molecule has 0 fully saturated rings. The van der Waals surface area contributed by atoms with Crippen molar-refractivity contribution in [3.63, 3.8) is 0 Å². The fourth-order valence-corrected chi connectivity index (χ4v) is 2.96. The van der Waals surface area contributed by atoms with Crippen LogP contribution in [0.15, 0.2) is 48.5 Å². The Labute approximate surface area is 167 Å².